The number of amides is 1. The quantitative estimate of drug-likeness (QED) is 0.487. The molecule has 0 unspecified atom stereocenters. The lowest BCUT2D eigenvalue weighted by Crippen LogP contribution is -2.63. The molecule has 2 aromatic rings. The highest BCUT2D eigenvalue weighted by Crippen LogP contribution is 2.42. The summed E-state index contributed by atoms with van der Waals surface area (Å²) in [4.78, 5) is 27.9. The maximum Gasteiger partial charge on any atom is 0.410 e. The van der Waals surface area contributed by atoms with Gasteiger partial charge in [0.1, 0.15) is 23.5 Å². The average Bonchev–Trinajstić information content (AvgIpc) is 3.32. The van der Waals surface area contributed by atoms with E-state index in [2.05, 4.69) is 37.8 Å². The Kier molecular flexibility index (Phi) is 6.51. The van der Waals surface area contributed by atoms with Crippen LogP contribution in [0.4, 0.5) is 15.0 Å². The third-order valence-electron chi connectivity index (χ3n) is 7.06. The second-order valence-electron chi connectivity index (χ2n) is 10.5. The Balaban J connectivity index is 1.44. The Labute approximate surface area is 217 Å². The van der Waals surface area contributed by atoms with Crippen LogP contribution < -0.4 is 9.64 Å². The SMILES string of the molecule is CN1CCC[C@H]1COc1nc(N2C[C@@H]3[C@H]2CCN3C(=O)OC(C)(C)C)c2cc(Cl)c(Br)c(F)c2n1. The van der Waals surface area contributed by atoms with E-state index in [1.807, 2.05) is 20.8 Å². The number of carbonyl (C=O) groups is 1. The van der Waals surface area contributed by atoms with E-state index >= 15 is 4.39 Å². The lowest BCUT2D eigenvalue weighted by Gasteiger charge is -2.47. The van der Waals surface area contributed by atoms with Gasteiger partial charge in [-0.05, 0) is 75.6 Å². The van der Waals surface area contributed by atoms with E-state index in [0.29, 0.717) is 30.9 Å². The third-order valence-corrected chi connectivity index (χ3v) is 8.36. The monoisotopic (exact) mass is 569 g/mol. The van der Waals surface area contributed by atoms with Crippen molar-refractivity contribution in [2.24, 2.45) is 0 Å². The second-order valence-corrected chi connectivity index (χ2v) is 11.7. The molecule has 0 spiro atoms. The Hall–Kier alpha value is -1.91. The predicted octanol–water partition coefficient (Wildman–Crippen LogP) is 4.86. The molecule has 190 valence electrons. The molecule has 3 atom stereocenters. The number of hydrogen-bond acceptors (Lipinski definition) is 7. The van der Waals surface area contributed by atoms with Crippen molar-refractivity contribution in [3.8, 4) is 6.01 Å². The van der Waals surface area contributed by atoms with Crippen LogP contribution in [-0.4, -0.2) is 82.9 Å². The van der Waals surface area contributed by atoms with Gasteiger partial charge >= 0.3 is 12.1 Å². The zero-order chi connectivity index (χ0) is 25.1. The van der Waals surface area contributed by atoms with Crippen molar-refractivity contribution in [2.75, 3.05) is 38.2 Å². The molecule has 1 amide bonds. The number of carbonyl (C=O) groups excluding carboxylic acids is 1. The highest BCUT2D eigenvalue weighted by molar-refractivity contribution is 9.10. The van der Waals surface area contributed by atoms with Crippen LogP contribution in [-0.2, 0) is 4.74 Å². The summed E-state index contributed by atoms with van der Waals surface area (Å²) in [5, 5.41) is 0.773. The molecule has 0 saturated carbocycles. The van der Waals surface area contributed by atoms with Crippen LogP contribution in [0.15, 0.2) is 10.5 Å². The summed E-state index contributed by atoms with van der Waals surface area (Å²) in [6, 6.07) is 2.18. The van der Waals surface area contributed by atoms with E-state index in [0.717, 1.165) is 25.8 Å². The summed E-state index contributed by atoms with van der Waals surface area (Å²) in [6.07, 6.45) is 2.63. The Bertz CT molecular complexity index is 1160. The van der Waals surface area contributed by atoms with E-state index in [4.69, 9.17) is 26.1 Å². The number of nitrogens with zero attached hydrogens (tertiary/aromatic N) is 5. The molecule has 8 nitrogen and oxygen atoms in total. The minimum Gasteiger partial charge on any atom is -0.462 e. The highest BCUT2D eigenvalue weighted by atomic mass is 79.9. The normalized spacial score (nSPS) is 24.6. The molecule has 0 N–H and O–H groups in total. The van der Waals surface area contributed by atoms with Crippen molar-refractivity contribution in [3.63, 3.8) is 0 Å². The van der Waals surface area contributed by atoms with Crippen molar-refractivity contribution < 1.29 is 18.7 Å². The van der Waals surface area contributed by atoms with Crippen LogP contribution >= 0.6 is 27.5 Å². The fraction of sp³-hybridized carbons (Fsp3) is 0.625. The van der Waals surface area contributed by atoms with E-state index in [-0.39, 0.29) is 45.2 Å². The molecule has 0 aliphatic carbocycles. The third kappa shape index (κ3) is 4.64. The summed E-state index contributed by atoms with van der Waals surface area (Å²) < 4.78 is 27.0. The minimum absolute atomic E-state index is 0.0159. The van der Waals surface area contributed by atoms with Gasteiger partial charge in [0.2, 0.25) is 0 Å². The largest absolute Gasteiger partial charge is 0.462 e. The Morgan fingerprint density at radius 3 is 2.71 bits per heavy atom. The first-order valence-electron chi connectivity index (χ1n) is 12.0. The summed E-state index contributed by atoms with van der Waals surface area (Å²) in [7, 11) is 2.07. The van der Waals surface area contributed by atoms with Crippen LogP contribution in [0.25, 0.3) is 10.9 Å². The topological polar surface area (TPSA) is 71.0 Å². The molecule has 4 heterocycles. The molecular weight excluding hydrogens is 541 g/mol. The molecule has 3 aliphatic rings. The molecule has 0 radical (unpaired) electrons. The maximum absolute atomic E-state index is 15.2. The van der Waals surface area contributed by atoms with Crippen LogP contribution in [0, 0.1) is 5.82 Å². The Morgan fingerprint density at radius 1 is 1.26 bits per heavy atom. The van der Waals surface area contributed by atoms with Crippen molar-refractivity contribution >= 4 is 50.3 Å². The lowest BCUT2D eigenvalue weighted by molar-refractivity contribution is 0.0193. The first-order chi connectivity index (χ1) is 16.5. The van der Waals surface area contributed by atoms with Crippen molar-refractivity contribution in [1.82, 2.24) is 19.8 Å². The molecule has 35 heavy (non-hydrogen) atoms. The standard InChI is InChI=1S/C24H30BrClFN5O3/c1-24(2,3)35-23(33)31-9-7-16-17(31)11-32(16)21-14-10-15(26)18(25)19(27)20(14)28-22(29-21)34-12-13-6-5-8-30(13)4/h10,13,16-17H,5-9,11-12H2,1-4H3/t13-,16+,17+/m0/s1. The molecule has 3 aliphatic heterocycles. The van der Waals surface area contributed by atoms with Crippen molar-refractivity contribution in [3.05, 3.63) is 21.4 Å². The zero-order valence-corrected chi connectivity index (χ0v) is 22.7. The van der Waals surface area contributed by atoms with E-state index in [9.17, 15) is 4.79 Å². The van der Waals surface area contributed by atoms with Crippen LogP contribution in [0.2, 0.25) is 5.02 Å². The number of ether oxygens (including phenoxy) is 2. The number of aromatic nitrogens is 2. The van der Waals surface area contributed by atoms with Crippen molar-refractivity contribution in [2.45, 2.75) is 63.8 Å². The molecule has 5 rings (SSSR count). The number of benzene rings is 1. The zero-order valence-electron chi connectivity index (χ0n) is 20.4. The predicted molar refractivity (Wildman–Crippen MR) is 136 cm³/mol. The molecule has 1 aromatic carbocycles. The van der Waals surface area contributed by atoms with Gasteiger partial charge in [0.15, 0.2) is 5.82 Å². The average molecular weight is 571 g/mol. The first-order valence-corrected chi connectivity index (χ1v) is 13.1. The summed E-state index contributed by atoms with van der Waals surface area (Å²) in [5.41, 5.74) is -0.394. The van der Waals surface area contributed by atoms with E-state index in [1.54, 1.807) is 11.0 Å². The number of likely N-dealkylation sites (N-methyl/N-ethyl adjacent to an activating group) is 1. The smallest absolute Gasteiger partial charge is 0.410 e. The number of fused-ring (bicyclic) bond motifs is 2. The number of halogens is 3. The van der Waals surface area contributed by atoms with Gasteiger partial charge in [-0.15, -0.1) is 0 Å². The fourth-order valence-corrected chi connectivity index (χ4v) is 5.69. The van der Waals surface area contributed by atoms with Crippen LogP contribution in [0.5, 0.6) is 6.01 Å². The van der Waals surface area contributed by atoms with Gasteiger partial charge in [-0.3, -0.25) is 0 Å². The van der Waals surface area contributed by atoms with E-state index < -0.39 is 11.4 Å². The van der Waals surface area contributed by atoms with Gasteiger partial charge in [0.25, 0.3) is 0 Å². The summed E-state index contributed by atoms with van der Waals surface area (Å²) in [5.74, 6) is 0.0308. The van der Waals surface area contributed by atoms with Gasteiger partial charge in [0, 0.05) is 24.5 Å². The second kappa shape index (κ2) is 9.19. The minimum atomic E-state index is -0.553. The van der Waals surface area contributed by atoms with Crippen molar-refractivity contribution in [1.29, 1.82) is 0 Å². The van der Waals surface area contributed by atoms with Gasteiger partial charge in [0.05, 0.1) is 21.6 Å². The van der Waals surface area contributed by atoms with E-state index in [1.165, 1.54) is 0 Å². The summed E-state index contributed by atoms with van der Waals surface area (Å²) >= 11 is 9.53. The first kappa shape index (κ1) is 24.8. The number of anilines is 1. The number of likely N-dealkylation sites (tertiary alicyclic amines) is 2. The fourth-order valence-electron chi connectivity index (χ4n) is 5.19. The van der Waals surface area contributed by atoms with Gasteiger partial charge in [-0.1, -0.05) is 11.6 Å². The molecule has 0 bridgehead atoms. The highest BCUT2D eigenvalue weighted by Gasteiger charge is 2.50. The lowest BCUT2D eigenvalue weighted by atomic mass is 9.96. The number of rotatable bonds is 4. The molecular formula is C24H30BrClFN5O3. The van der Waals surface area contributed by atoms with Crippen LogP contribution in [0.3, 0.4) is 0 Å². The summed E-state index contributed by atoms with van der Waals surface area (Å²) in [6.45, 7) is 8.22. The number of hydrogen-bond donors (Lipinski definition) is 0. The maximum atomic E-state index is 15.2. The van der Waals surface area contributed by atoms with Gasteiger partial charge in [-0.25, -0.2) is 9.18 Å². The molecule has 3 saturated heterocycles. The molecule has 11 heteroatoms. The Morgan fingerprint density at radius 2 is 2.03 bits per heavy atom. The molecule has 1 aromatic heterocycles. The van der Waals surface area contributed by atoms with Gasteiger partial charge < -0.3 is 24.2 Å². The molecule has 3 fully saturated rings. The van der Waals surface area contributed by atoms with Crippen LogP contribution in [0.1, 0.15) is 40.0 Å². The van der Waals surface area contributed by atoms with Gasteiger partial charge in [-0.2, -0.15) is 9.97 Å².